The van der Waals surface area contributed by atoms with Crippen molar-refractivity contribution in [2.24, 2.45) is 0 Å². The molecule has 2 aromatic carbocycles. The largest absolute Gasteiger partial charge is 0.293 e. The van der Waals surface area contributed by atoms with Crippen LogP contribution in [0.2, 0.25) is 5.02 Å². The fraction of sp³-hybridized carbons (Fsp3) is 0.238. The third-order valence-corrected chi connectivity index (χ3v) is 5.36. The number of thioether (sulfide) groups is 1. The molecule has 0 saturated carbocycles. The van der Waals surface area contributed by atoms with Crippen LogP contribution in [0.5, 0.6) is 0 Å². The molecule has 0 spiro atoms. The van der Waals surface area contributed by atoms with Crippen LogP contribution in [0.25, 0.3) is 6.08 Å². The minimum Gasteiger partial charge on any atom is -0.268 e. The molecule has 26 heavy (non-hydrogen) atoms. The van der Waals surface area contributed by atoms with Gasteiger partial charge in [-0.25, -0.2) is 0 Å². The molecule has 0 atom stereocenters. The highest BCUT2D eigenvalue weighted by Gasteiger charge is 2.35. The smallest absolute Gasteiger partial charge is 0.268 e. The summed E-state index contributed by atoms with van der Waals surface area (Å²) < 4.78 is 0. The number of imide groups is 1. The Hall–Kier alpha value is -2.04. The fourth-order valence-corrected chi connectivity index (χ4v) is 3.60. The van der Waals surface area contributed by atoms with E-state index in [4.69, 9.17) is 11.6 Å². The Bertz CT molecular complexity index is 864. The van der Waals surface area contributed by atoms with Crippen molar-refractivity contribution in [1.82, 2.24) is 4.90 Å². The SMILES string of the molecule is CC(C)(C)c1ccc(CN2C(=O)SC(=Cc3ccc(Cl)cc3)C2=O)cc1. The van der Waals surface area contributed by atoms with E-state index in [0.717, 1.165) is 22.9 Å². The summed E-state index contributed by atoms with van der Waals surface area (Å²) in [7, 11) is 0. The number of carbonyl (C=O) groups is 2. The van der Waals surface area contributed by atoms with Gasteiger partial charge in [0.05, 0.1) is 11.4 Å². The van der Waals surface area contributed by atoms with E-state index in [2.05, 4.69) is 32.9 Å². The van der Waals surface area contributed by atoms with Crippen molar-refractivity contribution < 1.29 is 9.59 Å². The van der Waals surface area contributed by atoms with E-state index >= 15 is 0 Å². The molecule has 0 aromatic heterocycles. The van der Waals surface area contributed by atoms with Gasteiger partial charge in [-0.2, -0.15) is 0 Å². The van der Waals surface area contributed by atoms with Crippen molar-refractivity contribution in [3.05, 3.63) is 75.1 Å². The Morgan fingerprint density at radius 1 is 1.00 bits per heavy atom. The molecular weight excluding hydrogens is 366 g/mol. The number of halogens is 1. The zero-order chi connectivity index (χ0) is 18.9. The molecule has 1 aliphatic heterocycles. The van der Waals surface area contributed by atoms with Gasteiger partial charge in [0.15, 0.2) is 0 Å². The molecule has 1 fully saturated rings. The standard InChI is InChI=1S/C21H20ClNO2S/c1-21(2,3)16-8-4-15(5-9-16)13-23-19(24)18(26-20(23)25)12-14-6-10-17(22)11-7-14/h4-12H,13H2,1-3H3. The summed E-state index contributed by atoms with van der Waals surface area (Å²) in [5.74, 6) is -0.255. The summed E-state index contributed by atoms with van der Waals surface area (Å²) in [5.41, 5.74) is 3.07. The van der Waals surface area contributed by atoms with Gasteiger partial charge in [0, 0.05) is 5.02 Å². The molecule has 3 nitrogen and oxygen atoms in total. The normalized spacial score (nSPS) is 16.6. The van der Waals surface area contributed by atoms with Crippen LogP contribution in [0.15, 0.2) is 53.4 Å². The van der Waals surface area contributed by atoms with Gasteiger partial charge in [0.2, 0.25) is 0 Å². The molecule has 0 aliphatic carbocycles. The van der Waals surface area contributed by atoms with Crippen LogP contribution in [-0.2, 0) is 16.8 Å². The van der Waals surface area contributed by atoms with Crippen molar-refractivity contribution in [3.63, 3.8) is 0 Å². The van der Waals surface area contributed by atoms with E-state index < -0.39 is 0 Å². The molecule has 134 valence electrons. The number of carbonyl (C=O) groups excluding carboxylic acids is 2. The molecule has 3 rings (SSSR count). The minimum atomic E-state index is -0.255. The summed E-state index contributed by atoms with van der Waals surface area (Å²) in [5, 5.41) is 0.393. The maximum Gasteiger partial charge on any atom is 0.293 e. The number of nitrogens with zero attached hydrogens (tertiary/aromatic N) is 1. The topological polar surface area (TPSA) is 37.4 Å². The highest BCUT2D eigenvalue weighted by Crippen LogP contribution is 2.33. The molecule has 2 aromatic rings. The molecular formula is C21H20ClNO2S. The first-order chi connectivity index (χ1) is 12.2. The first-order valence-corrected chi connectivity index (χ1v) is 9.54. The lowest BCUT2D eigenvalue weighted by Crippen LogP contribution is -2.27. The van der Waals surface area contributed by atoms with Gasteiger partial charge in [-0.05, 0) is 52.1 Å². The highest BCUT2D eigenvalue weighted by molar-refractivity contribution is 8.18. The second-order valence-corrected chi connectivity index (χ2v) is 8.70. The van der Waals surface area contributed by atoms with Crippen molar-refractivity contribution in [1.29, 1.82) is 0 Å². The average molecular weight is 386 g/mol. The number of amides is 2. The molecule has 0 bridgehead atoms. The van der Waals surface area contributed by atoms with E-state index in [1.165, 1.54) is 10.5 Å². The highest BCUT2D eigenvalue weighted by atomic mass is 35.5. The second kappa shape index (κ2) is 7.29. The lowest BCUT2D eigenvalue weighted by Gasteiger charge is -2.20. The van der Waals surface area contributed by atoms with Gasteiger partial charge >= 0.3 is 0 Å². The lowest BCUT2D eigenvalue weighted by atomic mass is 9.87. The molecule has 0 N–H and O–H groups in total. The zero-order valence-corrected chi connectivity index (χ0v) is 16.5. The average Bonchev–Trinajstić information content (AvgIpc) is 2.84. The lowest BCUT2D eigenvalue weighted by molar-refractivity contribution is -0.123. The second-order valence-electron chi connectivity index (χ2n) is 7.27. The van der Waals surface area contributed by atoms with Gasteiger partial charge in [0.1, 0.15) is 0 Å². The van der Waals surface area contributed by atoms with Crippen molar-refractivity contribution >= 4 is 40.6 Å². The first kappa shape index (κ1) is 18.7. The predicted molar refractivity (Wildman–Crippen MR) is 108 cm³/mol. The summed E-state index contributed by atoms with van der Waals surface area (Å²) in [6, 6.07) is 15.2. The molecule has 5 heteroatoms. The molecule has 1 heterocycles. The monoisotopic (exact) mass is 385 g/mol. The van der Waals surface area contributed by atoms with Crippen LogP contribution in [0.4, 0.5) is 4.79 Å². The Morgan fingerprint density at radius 2 is 1.62 bits per heavy atom. The van der Waals surface area contributed by atoms with Gasteiger partial charge in [-0.15, -0.1) is 0 Å². The Balaban J connectivity index is 1.76. The van der Waals surface area contributed by atoms with Crippen molar-refractivity contribution in [3.8, 4) is 0 Å². The van der Waals surface area contributed by atoms with Gasteiger partial charge in [0.25, 0.3) is 11.1 Å². The zero-order valence-electron chi connectivity index (χ0n) is 15.0. The van der Waals surface area contributed by atoms with Crippen LogP contribution in [0, 0.1) is 0 Å². The number of hydrogen-bond donors (Lipinski definition) is 0. The third-order valence-electron chi connectivity index (χ3n) is 4.20. The molecule has 0 radical (unpaired) electrons. The van der Waals surface area contributed by atoms with Gasteiger partial charge in [-0.3, -0.25) is 14.5 Å². The van der Waals surface area contributed by atoms with E-state index in [0.29, 0.717) is 9.93 Å². The van der Waals surface area contributed by atoms with Gasteiger partial charge in [-0.1, -0.05) is 68.8 Å². The maximum atomic E-state index is 12.6. The fourth-order valence-electron chi connectivity index (χ4n) is 2.64. The van der Waals surface area contributed by atoms with Crippen LogP contribution in [0.1, 0.15) is 37.5 Å². The Labute approximate surface area is 163 Å². The van der Waals surface area contributed by atoms with E-state index in [-0.39, 0.29) is 23.1 Å². The Kier molecular flexibility index (Phi) is 5.26. The number of hydrogen-bond acceptors (Lipinski definition) is 3. The number of benzene rings is 2. The quantitative estimate of drug-likeness (QED) is 0.619. The summed E-state index contributed by atoms with van der Waals surface area (Å²) in [6.07, 6.45) is 1.73. The van der Waals surface area contributed by atoms with Crippen LogP contribution < -0.4 is 0 Å². The molecule has 1 aliphatic rings. The van der Waals surface area contributed by atoms with E-state index in [9.17, 15) is 9.59 Å². The van der Waals surface area contributed by atoms with E-state index in [1.807, 2.05) is 24.3 Å². The molecule has 0 unspecified atom stereocenters. The summed E-state index contributed by atoms with van der Waals surface area (Å²) >= 11 is 6.85. The molecule has 2 amide bonds. The first-order valence-electron chi connectivity index (χ1n) is 8.34. The maximum absolute atomic E-state index is 12.6. The summed E-state index contributed by atoms with van der Waals surface area (Å²) in [6.45, 7) is 6.74. The third kappa shape index (κ3) is 4.19. The van der Waals surface area contributed by atoms with Gasteiger partial charge < -0.3 is 0 Å². The van der Waals surface area contributed by atoms with E-state index in [1.54, 1.807) is 18.2 Å². The van der Waals surface area contributed by atoms with Crippen molar-refractivity contribution in [2.75, 3.05) is 0 Å². The van der Waals surface area contributed by atoms with Crippen LogP contribution in [-0.4, -0.2) is 16.0 Å². The van der Waals surface area contributed by atoms with Crippen LogP contribution in [0.3, 0.4) is 0 Å². The predicted octanol–water partition coefficient (Wildman–Crippen LogP) is 5.87. The van der Waals surface area contributed by atoms with Crippen molar-refractivity contribution in [2.45, 2.75) is 32.7 Å². The Morgan fingerprint density at radius 3 is 2.19 bits per heavy atom. The minimum absolute atomic E-state index is 0.0716. The summed E-state index contributed by atoms with van der Waals surface area (Å²) in [4.78, 5) is 26.6. The number of rotatable bonds is 3. The molecule has 1 saturated heterocycles. The van der Waals surface area contributed by atoms with Crippen LogP contribution >= 0.6 is 23.4 Å².